The minimum absolute atomic E-state index is 0.117. The van der Waals surface area contributed by atoms with Gasteiger partial charge in [0, 0.05) is 13.3 Å². The summed E-state index contributed by atoms with van der Waals surface area (Å²) in [5.41, 5.74) is 5.72. The molecule has 0 spiro atoms. The molecule has 1 rings (SSSR count). The van der Waals surface area contributed by atoms with Crippen LogP contribution in [0.3, 0.4) is 0 Å². The van der Waals surface area contributed by atoms with Gasteiger partial charge in [0.15, 0.2) is 0 Å². The fraction of sp³-hybridized carbons (Fsp3) is 0.400. The molecule has 88 valence electrons. The molecule has 3 N–H and O–H groups in total. The number of nitrogens with zero attached hydrogens (tertiary/aromatic N) is 1. The number of carboxylic acid groups (broad SMARTS) is 1. The number of hydrogen-bond donors (Lipinski definition) is 2. The first-order valence-electron chi connectivity index (χ1n) is 4.70. The fourth-order valence-electron chi connectivity index (χ4n) is 1.46. The van der Waals surface area contributed by atoms with Crippen molar-refractivity contribution in [2.45, 2.75) is 19.6 Å². The van der Waals surface area contributed by atoms with Gasteiger partial charge in [0.2, 0.25) is 5.91 Å². The molecule has 1 aromatic heterocycles. The van der Waals surface area contributed by atoms with E-state index in [0.29, 0.717) is 5.69 Å². The van der Waals surface area contributed by atoms with Crippen molar-refractivity contribution in [1.29, 1.82) is 0 Å². The Labute approximate surface area is 92.6 Å². The van der Waals surface area contributed by atoms with Crippen LogP contribution in [0.5, 0.6) is 0 Å². The Morgan fingerprint density at radius 2 is 2.25 bits per heavy atom. The monoisotopic (exact) mass is 226 g/mol. The van der Waals surface area contributed by atoms with Gasteiger partial charge in [-0.1, -0.05) is 0 Å². The summed E-state index contributed by atoms with van der Waals surface area (Å²) in [5, 5.41) is 8.94. The number of aromatic carboxylic acids is 1. The summed E-state index contributed by atoms with van der Waals surface area (Å²) in [6, 6.07) is 0.828. The number of carbonyl (C=O) groups excluding carboxylic acids is 1. The van der Waals surface area contributed by atoms with Crippen molar-refractivity contribution in [3.05, 3.63) is 23.5 Å². The standard InChI is InChI=1S/C10H14N2O4/c1-6(9(11)13)12-4-3-7(10(14)15)8(12)5-16-2/h3-4,6H,5H2,1-2H3,(H2,11,13)(H,14,15). The number of nitrogens with two attached hydrogens (primary N) is 1. The van der Waals surface area contributed by atoms with Crippen LogP contribution < -0.4 is 5.73 Å². The van der Waals surface area contributed by atoms with Crippen LogP contribution in [0.4, 0.5) is 0 Å². The Kier molecular flexibility index (Phi) is 3.68. The minimum atomic E-state index is -1.05. The van der Waals surface area contributed by atoms with Crippen molar-refractivity contribution in [2.75, 3.05) is 7.11 Å². The fourth-order valence-corrected chi connectivity index (χ4v) is 1.46. The maximum atomic E-state index is 11.0. The number of methoxy groups -OCH3 is 1. The Balaban J connectivity index is 3.19. The molecule has 0 aliphatic heterocycles. The van der Waals surface area contributed by atoms with Crippen LogP contribution >= 0.6 is 0 Å². The number of carboxylic acids is 1. The van der Waals surface area contributed by atoms with Gasteiger partial charge in [0.25, 0.3) is 0 Å². The Hall–Kier alpha value is -1.82. The van der Waals surface area contributed by atoms with Gasteiger partial charge in [0.1, 0.15) is 6.04 Å². The molecule has 0 saturated carbocycles. The molecule has 0 aliphatic rings. The van der Waals surface area contributed by atoms with Gasteiger partial charge in [-0.3, -0.25) is 4.79 Å². The smallest absolute Gasteiger partial charge is 0.337 e. The third kappa shape index (κ3) is 2.22. The summed E-state index contributed by atoms with van der Waals surface area (Å²) in [4.78, 5) is 22.0. The second-order valence-electron chi connectivity index (χ2n) is 3.40. The number of ether oxygens (including phenoxy) is 1. The molecule has 1 aromatic rings. The summed E-state index contributed by atoms with van der Waals surface area (Å²) in [5.74, 6) is -1.58. The molecule has 0 aromatic carbocycles. The highest BCUT2D eigenvalue weighted by molar-refractivity contribution is 5.89. The number of primary amides is 1. The highest BCUT2D eigenvalue weighted by Gasteiger charge is 2.20. The zero-order valence-corrected chi connectivity index (χ0v) is 9.14. The molecular formula is C10H14N2O4. The Morgan fingerprint density at radius 1 is 1.62 bits per heavy atom. The largest absolute Gasteiger partial charge is 0.478 e. The molecule has 1 atom stereocenters. The molecule has 1 heterocycles. The quantitative estimate of drug-likeness (QED) is 0.758. The molecule has 1 amide bonds. The molecular weight excluding hydrogens is 212 g/mol. The first-order chi connectivity index (χ1) is 7.49. The maximum absolute atomic E-state index is 11.0. The molecule has 0 bridgehead atoms. The van der Waals surface area contributed by atoms with Crippen LogP contribution in [0.1, 0.15) is 29.0 Å². The van der Waals surface area contributed by atoms with Crippen molar-refractivity contribution >= 4 is 11.9 Å². The van der Waals surface area contributed by atoms with Crippen LogP contribution in [0, 0.1) is 0 Å². The summed E-state index contributed by atoms with van der Waals surface area (Å²) >= 11 is 0. The summed E-state index contributed by atoms with van der Waals surface area (Å²) < 4.78 is 6.42. The van der Waals surface area contributed by atoms with E-state index in [0.717, 1.165) is 0 Å². The summed E-state index contributed by atoms with van der Waals surface area (Å²) in [7, 11) is 1.46. The van der Waals surface area contributed by atoms with Crippen molar-refractivity contribution < 1.29 is 19.4 Å². The predicted molar refractivity (Wildman–Crippen MR) is 56.0 cm³/mol. The average molecular weight is 226 g/mol. The molecule has 6 heteroatoms. The third-order valence-electron chi connectivity index (χ3n) is 2.36. The first-order valence-corrected chi connectivity index (χ1v) is 4.70. The van der Waals surface area contributed by atoms with E-state index in [2.05, 4.69) is 0 Å². The third-order valence-corrected chi connectivity index (χ3v) is 2.36. The van der Waals surface area contributed by atoms with Crippen molar-refractivity contribution in [2.24, 2.45) is 5.73 Å². The lowest BCUT2D eigenvalue weighted by molar-refractivity contribution is -0.120. The number of carbonyl (C=O) groups is 2. The van der Waals surface area contributed by atoms with E-state index in [1.165, 1.54) is 23.9 Å². The van der Waals surface area contributed by atoms with Crippen LogP contribution in [-0.4, -0.2) is 28.7 Å². The summed E-state index contributed by atoms with van der Waals surface area (Å²) in [6.45, 7) is 1.72. The SMILES string of the molecule is COCc1c(C(=O)O)ccn1C(C)C(N)=O. The first kappa shape index (κ1) is 12.3. The molecule has 16 heavy (non-hydrogen) atoms. The molecule has 1 unspecified atom stereocenters. The van der Waals surface area contributed by atoms with Gasteiger partial charge in [0.05, 0.1) is 17.9 Å². The van der Waals surface area contributed by atoms with E-state index in [-0.39, 0.29) is 12.2 Å². The lowest BCUT2D eigenvalue weighted by Crippen LogP contribution is -2.25. The number of hydrogen-bond acceptors (Lipinski definition) is 3. The van der Waals surface area contributed by atoms with E-state index in [1.54, 1.807) is 6.92 Å². The zero-order valence-electron chi connectivity index (χ0n) is 9.14. The molecule has 0 fully saturated rings. The maximum Gasteiger partial charge on any atom is 0.337 e. The second kappa shape index (κ2) is 4.80. The Bertz CT molecular complexity index is 411. The molecule has 6 nitrogen and oxygen atoms in total. The summed E-state index contributed by atoms with van der Waals surface area (Å²) in [6.07, 6.45) is 1.52. The van der Waals surface area contributed by atoms with E-state index in [4.69, 9.17) is 15.6 Å². The van der Waals surface area contributed by atoms with Crippen LogP contribution in [0.15, 0.2) is 12.3 Å². The average Bonchev–Trinajstić information content (AvgIpc) is 2.61. The second-order valence-corrected chi connectivity index (χ2v) is 3.40. The number of rotatable bonds is 5. The van der Waals surface area contributed by atoms with Crippen LogP contribution in [-0.2, 0) is 16.1 Å². The van der Waals surface area contributed by atoms with Gasteiger partial charge in [-0.15, -0.1) is 0 Å². The highest BCUT2D eigenvalue weighted by atomic mass is 16.5. The molecule has 0 saturated heterocycles. The van der Waals surface area contributed by atoms with Crippen molar-refractivity contribution in [1.82, 2.24) is 4.57 Å². The minimum Gasteiger partial charge on any atom is -0.478 e. The number of aromatic nitrogens is 1. The van der Waals surface area contributed by atoms with Gasteiger partial charge in [-0.25, -0.2) is 4.79 Å². The van der Waals surface area contributed by atoms with Crippen molar-refractivity contribution in [3.63, 3.8) is 0 Å². The molecule has 0 radical (unpaired) electrons. The van der Waals surface area contributed by atoms with Gasteiger partial charge >= 0.3 is 5.97 Å². The van der Waals surface area contributed by atoms with Crippen LogP contribution in [0.25, 0.3) is 0 Å². The van der Waals surface area contributed by atoms with Crippen LogP contribution in [0.2, 0.25) is 0 Å². The number of amides is 1. The Morgan fingerprint density at radius 3 is 2.69 bits per heavy atom. The van der Waals surface area contributed by atoms with Gasteiger partial charge in [-0.2, -0.15) is 0 Å². The normalized spacial score (nSPS) is 12.4. The van der Waals surface area contributed by atoms with E-state index in [9.17, 15) is 9.59 Å². The predicted octanol–water partition coefficient (Wildman–Crippen LogP) is 0.379. The van der Waals surface area contributed by atoms with Crippen molar-refractivity contribution in [3.8, 4) is 0 Å². The highest BCUT2D eigenvalue weighted by Crippen LogP contribution is 2.17. The molecule has 0 aliphatic carbocycles. The van der Waals surface area contributed by atoms with Gasteiger partial charge < -0.3 is 20.1 Å². The van der Waals surface area contributed by atoms with E-state index >= 15 is 0 Å². The van der Waals surface area contributed by atoms with E-state index < -0.39 is 17.9 Å². The lowest BCUT2D eigenvalue weighted by Gasteiger charge is -2.14. The lowest BCUT2D eigenvalue weighted by atomic mass is 10.2. The topological polar surface area (TPSA) is 94.6 Å². The zero-order chi connectivity index (χ0) is 12.3. The van der Waals surface area contributed by atoms with E-state index in [1.807, 2.05) is 0 Å². The van der Waals surface area contributed by atoms with Gasteiger partial charge in [-0.05, 0) is 13.0 Å².